The summed E-state index contributed by atoms with van der Waals surface area (Å²) in [6.07, 6.45) is 17.0. The van der Waals surface area contributed by atoms with Crippen molar-refractivity contribution in [1.82, 2.24) is 0 Å². The van der Waals surface area contributed by atoms with Crippen molar-refractivity contribution in [3.63, 3.8) is 0 Å². The van der Waals surface area contributed by atoms with Gasteiger partial charge < -0.3 is 15.6 Å². The number of fused-ring (bicyclic) bond motifs is 5. The molecule has 4 rings (SSSR count). The number of aliphatic hydroxyl groups is 1. The summed E-state index contributed by atoms with van der Waals surface area (Å²) in [5.74, 6) is 4.18. The highest BCUT2D eigenvalue weighted by atomic mass is 16.6. The zero-order chi connectivity index (χ0) is 23.9. The van der Waals surface area contributed by atoms with Gasteiger partial charge in [0.15, 0.2) is 5.79 Å². The average molecular weight is 460 g/mol. The molecule has 0 aromatic rings. The van der Waals surface area contributed by atoms with Crippen LogP contribution < -0.4 is 5.73 Å². The van der Waals surface area contributed by atoms with Gasteiger partial charge in [0, 0.05) is 12.8 Å². The number of hydrogen-bond acceptors (Lipinski definition) is 3. The smallest absolute Gasteiger partial charge is 0.169 e. The van der Waals surface area contributed by atoms with E-state index in [9.17, 15) is 5.11 Å². The lowest BCUT2D eigenvalue weighted by atomic mass is 9.46. The van der Waals surface area contributed by atoms with Gasteiger partial charge in [0.2, 0.25) is 0 Å². The third-order valence-electron chi connectivity index (χ3n) is 11.0. The summed E-state index contributed by atoms with van der Waals surface area (Å²) in [6, 6.07) is 0. The van der Waals surface area contributed by atoms with E-state index in [2.05, 4.69) is 40.7 Å². The lowest BCUT2D eigenvalue weighted by Gasteiger charge is -2.59. The Morgan fingerprint density at radius 3 is 2.55 bits per heavy atom. The van der Waals surface area contributed by atoms with Crippen molar-refractivity contribution in [2.24, 2.45) is 52.1 Å². The molecule has 0 amide bonds. The monoisotopic (exact) mass is 459 g/mol. The van der Waals surface area contributed by atoms with Crippen molar-refractivity contribution in [1.29, 1.82) is 0 Å². The fourth-order valence-corrected chi connectivity index (χ4v) is 9.11. The highest BCUT2D eigenvalue weighted by Gasteiger charge is 2.60. The summed E-state index contributed by atoms with van der Waals surface area (Å²) in [6.45, 7) is 13.7. The van der Waals surface area contributed by atoms with Crippen molar-refractivity contribution in [3.05, 3.63) is 11.6 Å². The topological polar surface area (TPSA) is 55.5 Å². The highest BCUT2D eigenvalue weighted by molar-refractivity contribution is 5.26. The predicted molar refractivity (Wildman–Crippen MR) is 138 cm³/mol. The van der Waals surface area contributed by atoms with Crippen LogP contribution in [0.1, 0.15) is 112 Å². The standard InChI is InChI=1S/C30H53NO2/c1-21(2)8-6-9-22(3)25-12-13-26-24-11-10-23-20-30(32,33-19-7-18-31)17-16-28(23,4)27(24)14-15-29(25,26)5/h10,21-22,24-27,32H,6-9,11-20,31H2,1-5H3/t22-,24?,25-,26?,27?,28+,29-,30?/m1/s1. The van der Waals surface area contributed by atoms with Crippen LogP contribution in [0, 0.1) is 46.3 Å². The number of rotatable bonds is 9. The van der Waals surface area contributed by atoms with Crippen LogP contribution in [-0.2, 0) is 4.74 Å². The van der Waals surface area contributed by atoms with Crippen LogP contribution in [0.2, 0.25) is 0 Å². The fraction of sp³-hybridized carbons (Fsp3) is 0.933. The summed E-state index contributed by atoms with van der Waals surface area (Å²) >= 11 is 0. The minimum atomic E-state index is -0.972. The first kappa shape index (κ1) is 25.7. The first-order valence-corrected chi connectivity index (χ1v) is 14.4. The van der Waals surface area contributed by atoms with Gasteiger partial charge >= 0.3 is 0 Å². The molecule has 3 saturated carbocycles. The van der Waals surface area contributed by atoms with E-state index in [0.29, 0.717) is 25.0 Å². The van der Waals surface area contributed by atoms with Crippen molar-refractivity contribution >= 4 is 0 Å². The summed E-state index contributed by atoms with van der Waals surface area (Å²) in [4.78, 5) is 0. The molecule has 3 heteroatoms. The van der Waals surface area contributed by atoms with E-state index in [4.69, 9.17) is 10.5 Å². The molecular formula is C30H53NO2. The summed E-state index contributed by atoms with van der Waals surface area (Å²) in [5.41, 5.74) is 7.92. The number of hydrogen-bond donors (Lipinski definition) is 2. The second-order valence-electron chi connectivity index (χ2n) is 13.4. The van der Waals surface area contributed by atoms with E-state index in [-0.39, 0.29) is 5.41 Å². The average Bonchev–Trinajstić information content (AvgIpc) is 3.11. The first-order valence-electron chi connectivity index (χ1n) is 14.4. The number of allylic oxidation sites excluding steroid dienone is 1. The maximum absolute atomic E-state index is 11.1. The zero-order valence-corrected chi connectivity index (χ0v) is 22.4. The van der Waals surface area contributed by atoms with E-state index in [1.807, 2.05) is 0 Å². The molecule has 0 aliphatic heterocycles. The van der Waals surface area contributed by atoms with E-state index in [0.717, 1.165) is 54.8 Å². The van der Waals surface area contributed by atoms with Gasteiger partial charge in [-0.25, -0.2) is 0 Å². The van der Waals surface area contributed by atoms with E-state index >= 15 is 0 Å². The zero-order valence-electron chi connectivity index (χ0n) is 22.4. The molecule has 8 atom stereocenters. The Hall–Kier alpha value is -0.380. The molecule has 190 valence electrons. The van der Waals surface area contributed by atoms with Crippen LogP contribution in [-0.4, -0.2) is 24.0 Å². The number of ether oxygens (including phenoxy) is 1. The molecule has 0 bridgehead atoms. The predicted octanol–water partition coefficient (Wildman–Crippen LogP) is 7.08. The summed E-state index contributed by atoms with van der Waals surface area (Å²) in [7, 11) is 0. The summed E-state index contributed by atoms with van der Waals surface area (Å²) in [5, 5.41) is 11.1. The highest BCUT2D eigenvalue weighted by Crippen LogP contribution is 2.67. The van der Waals surface area contributed by atoms with Gasteiger partial charge in [-0.2, -0.15) is 0 Å². The van der Waals surface area contributed by atoms with Crippen molar-refractivity contribution < 1.29 is 9.84 Å². The second-order valence-corrected chi connectivity index (χ2v) is 13.4. The molecule has 0 spiro atoms. The third kappa shape index (κ3) is 4.85. The Kier molecular flexibility index (Phi) is 7.74. The van der Waals surface area contributed by atoms with Crippen LogP contribution in [0.15, 0.2) is 11.6 Å². The maximum Gasteiger partial charge on any atom is 0.169 e. The Morgan fingerprint density at radius 2 is 1.82 bits per heavy atom. The minimum absolute atomic E-state index is 0.259. The van der Waals surface area contributed by atoms with Crippen molar-refractivity contribution in [2.75, 3.05) is 13.2 Å². The SMILES string of the molecule is CC(C)CCC[C@@H](C)[C@H]1CCC2C3CC=C4CC(O)(OCCCN)CC[C@]4(C)C3CC[C@@]21C. The van der Waals surface area contributed by atoms with Gasteiger partial charge in [-0.05, 0) is 97.8 Å². The second kappa shape index (κ2) is 9.94. The van der Waals surface area contributed by atoms with Crippen LogP contribution in [0.3, 0.4) is 0 Å². The molecule has 3 nitrogen and oxygen atoms in total. The molecule has 3 fully saturated rings. The fourth-order valence-electron chi connectivity index (χ4n) is 9.11. The van der Waals surface area contributed by atoms with Crippen LogP contribution in [0.4, 0.5) is 0 Å². The Labute approximate surface area is 204 Å². The normalized spacial score (nSPS) is 43.6. The molecule has 0 heterocycles. The van der Waals surface area contributed by atoms with E-state index < -0.39 is 5.79 Å². The summed E-state index contributed by atoms with van der Waals surface area (Å²) < 4.78 is 5.95. The minimum Gasteiger partial charge on any atom is -0.365 e. The van der Waals surface area contributed by atoms with Crippen molar-refractivity contribution in [2.45, 2.75) is 117 Å². The molecule has 3 N–H and O–H groups in total. The largest absolute Gasteiger partial charge is 0.365 e. The van der Waals surface area contributed by atoms with Crippen molar-refractivity contribution in [3.8, 4) is 0 Å². The van der Waals surface area contributed by atoms with Gasteiger partial charge in [0.05, 0.1) is 6.61 Å². The quantitative estimate of drug-likeness (QED) is 0.220. The molecule has 33 heavy (non-hydrogen) atoms. The van der Waals surface area contributed by atoms with Gasteiger partial charge in [0.1, 0.15) is 0 Å². The Balaban J connectivity index is 1.45. The van der Waals surface area contributed by atoms with Crippen LogP contribution in [0.5, 0.6) is 0 Å². The number of nitrogens with two attached hydrogens (primary N) is 1. The Morgan fingerprint density at radius 1 is 1.03 bits per heavy atom. The van der Waals surface area contributed by atoms with E-state index in [1.165, 1.54) is 56.9 Å². The van der Waals surface area contributed by atoms with Crippen LogP contribution in [0.25, 0.3) is 0 Å². The molecule has 4 aliphatic rings. The maximum atomic E-state index is 11.1. The van der Waals surface area contributed by atoms with Gasteiger partial charge in [-0.3, -0.25) is 0 Å². The molecule has 0 saturated heterocycles. The molecule has 4 unspecified atom stereocenters. The van der Waals surface area contributed by atoms with E-state index in [1.54, 1.807) is 0 Å². The third-order valence-corrected chi connectivity index (χ3v) is 11.0. The van der Waals surface area contributed by atoms with Gasteiger partial charge in [-0.1, -0.05) is 65.5 Å². The Bertz CT molecular complexity index is 703. The lowest BCUT2D eigenvalue weighted by Crippen LogP contribution is -2.53. The van der Waals surface area contributed by atoms with Gasteiger partial charge in [0.25, 0.3) is 0 Å². The molecule has 4 aliphatic carbocycles. The molecule has 0 aromatic heterocycles. The molecular weight excluding hydrogens is 406 g/mol. The first-order chi connectivity index (χ1) is 15.6. The molecule has 0 aromatic carbocycles. The van der Waals surface area contributed by atoms with Gasteiger partial charge in [-0.15, -0.1) is 0 Å². The lowest BCUT2D eigenvalue weighted by molar-refractivity contribution is -0.225. The van der Waals surface area contributed by atoms with Crippen LogP contribution >= 0.6 is 0 Å². The molecule has 0 radical (unpaired) electrons.